The van der Waals surface area contributed by atoms with E-state index in [-0.39, 0.29) is 18.8 Å². The van der Waals surface area contributed by atoms with Gasteiger partial charge in [0.15, 0.2) is 0 Å². The molecule has 0 aromatic heterocycles. The molecule has 0 aliphatic rings. The van der Waals surface area contributed by atoms with E-state index in [1.54, 1.807) is 12.1 Å². The van der Waals surface area contributed by atoms with E-state index in [2.05, 4.69) is 0 Å². The van der Waals surface area contributed by atoms with Gasteiger partial charge in [-0.3, -0.25) is 9.59 Å². The Morgan fingerprint density at radius 2 is 1.68 bits per heavy atom. The number of primary amides is 1. The molecule has 0 saturated carbocycles. The van der Waals surface area contributed by atoms with E-state index < -0.39 is 17.8 Å². The van der Waals surface area contributed by atoms with Crippen LogP contribution in [-0.2, 0) is 20.9 Å². The van der Waals surface area contributed by atoms with E-state index in [1.165, 1.54) is 12.1 Å². The molecule has 2 aromatic rings. The van der Waals surface area contributed by atoms with Crippen LogP contribution in [0.15, 0.2) is 54.6 Å². The highest BCUT2D eigenvalue weighted by Gasteiger charge is 2.24. The van der Waals surface area contributed by atoms with Crippen molar-refractivity contribution >= 4 is 11.9 Å². The molecule has 5 nitrogen and oxygen atoms in total. The largest absolute Gasteiger partial charge is 0.508 e. The number of carbonyl (C=O) groups is 2. The first-order chi connectivity index (χ1) is 10.6. The van der Waals surface area contributed by atoms with Crippen molar-refractivity contribution in [2.75, 3.05) is 0 Å². The zero-order valence-corrected chi connectivity index (χ0v) is 11.9. The van der Waals surface area contributed by atoms with Crippen molar-refractivity contribution in [3.63, 3.8) is 0 Å². The highest BCUT2D eigenvalue weighted by atomic mass is 16.5. The van der Waals surface area contributed by atoms with E-state index in [4.69, 9.17) is 10.5 Å². The fourth-order valence-electron chi connectivity index (χ4n) is 2.07. The second-order valence-electron chi connectivity index (χ2n) is 4.91. The van der Waals surface area contributed by atoms with Gasteiger partial charge in [-0.05, 0) is 23.3 Å². The van der Waals surface area contributed by atoms with Crippen molar-refractivity contribution in [1.82, 2.24) is 0 Å². The Morgan fingerprint density at radius 1 is 1.05 bits per heavy atom. The van der Waals surface area contributed by atoms with E-state index in [0.29, 0.717) is 5.56 Å². The lowest BCUT2D eigenvalue weighted by Crippen LogP contribution is -2.23. The van der Waals surface area contributed by atoms with E-state index in [9.17, 15) is 14.7 Å². The Kier molecular flexibility index (Phi) is 5.14. The number of amides is 1. The maximum Gasteiger partial charge on any atom is 0.314 e. The molecule has 1 unspecified atom stereocenters. The molecule has 0 bridgehead atoms. The number of hydrogen-bond acceptors (Lipinski definition) is 4. The van der Waals surface area contributed by atoms with Crippen molar-refractivity contribution in [1.29, 1.82) is 0 Å². The van der Waals surface area contributed by atoms with Gasteiger partial charge in [0.2, 0.25) is 5.91 Å². The minimum absolute atomic E-state index is 0.0826. The fourth-order valence-corrected chi connectivity index (χ4v) is 2.07. The van der Waals surface area contributed by atoms with Gasteiger partial charge in [-0.2, -0.15) is 0 Å². The quantitative estimate of drug-likeness (QED) is 0.799. The third-order valence-corrected chi connectivity index (χ3v) is 3.21. The number of nitrogens with two attached hydrogens (primary N) is 1. The van der Waals surface area contributed by atoms with Crippen LogP contribution in [0.1, 0.15) is 23.5 Å². The summed E-state index contributed by atoms with van der Waals surface area (Å²) in [4.78, 5) is 23.4. The Bertz CT molecular complexity index is 637. The summed E-state index contributed by atoms with van der Waals surface area (Å²) in [7, 11) is 0. The number of ether oxygens (including phenoxy) is 1. The number of esters is 1. The maximum atomic E-state index is 12.2. The first-order valence-corrected chi connectivity index (χ1v) is 6.84. The van der Waals surface area contributed by atoms with E-state index >= 15 is 0 Å². The Morgan fingerprint density at radius 3 is 2.27 bits per heavy atom. The second-order valence-corrected chi connectivity index (χ2v) is 4.91. The van der Waals surface area contributed by atoms with Gasteiger partial charge in [-0.15, -0.1) is 0 Å². The number of benzene rings is 2. The molecule has 22 heavy (non-hydrogen) atoms. The van der Waals surface area contributed by atoms with Crippen molar-refractivity contribution in [3.8, 4) is 5.75 Å². The topological polar surface area (TPSA) is 89.6 Å². The summed E-state index contributed by atoms with van der Waals surface area (Å²) >= 11 is 0. The molecule has 0 saturated heterocycles. The SMILES string of the molecule is NC(=O)CC(C(=O)OCc1ccccc1)c1ccc(O)cc1. The van der Waals surface area contributed by atoms with Crippen molar-refractivity contribution < 1.29 is 19.4 Å². The molecular weight excluding hydrogens is 282 g/mol. The normalized spacial score (nSPS) is 11.6. The summed E-state index contributed by atoms with van der Waals surface area (Å²) in [6.45, 7) is 0.132. The zero-order chi connectivity index (χ0) is 15.9. The van der Waals surface area contributed by atoms with Crippen LogP contribution in [0.2, 0.25) is 0 Å². The average molecular weight is 299 g/mol. The van der Waals surface area contributed by atoms with Crippen LogP contribution in [0.4, 0.5) is 0 Å². The number of phenols is 1. The third kappa shape index (κ3) is 4.34. The van der Waals surface area contributed by atoms with Gasteiger partial charge in [0.05, 0.1) is 5.92 Å². The van der Waals surface area contributed by atoms with Gasteiger partial charge in [-0.25, -0.2) is 0 Å². The minimum Gasteiger partial charge on any atom is -0.508 e. The van der Waals surface area contributed by atoms with E-state index in [1.807, 2.05) is 30.3 Å². The predicted molar refractivity (Wildman–Crippen MR) is 80.9 cm³/mol. The molecule has 1 atom stereocenters. The minimum atomic E-state index is -0.776. The first-order valence-electron chi connectivity index (χ1n) is 6.84. The summed E-state index contributed by atoms with van der Waals surface area (Å²) in [5.41, 5.74) is 6.65. The van der Waals surface area contributed by atoms with Crippen molar-refractivity contribution in [3.05, 3.63) is 65.7 Å². The van der Waals surface area contributed by atoms with Crippen LogP contribution >= 0.6 is 0 Å². The zero-order valence-electron chi connectivity index (χ0n) is 11.9. The first kappa shape index (κ1) is 15.6. The number of aromatic hydroxyl groups is 1. The molecule has 0 fully saturated rings. The molecule has 0 aliphatic carbocycles. The molecule has 0 spiro atoms. The Balaban J connectivity index is 2.09. The van der Waals surface area contributed by atoms with Crippen LogP contribution in [0.5, 0.6) is 5.75 Å². The van der Waals surface area contributed by atoms with Gasteiger partial charge >= 0.3 is 5.97 Å². The van der Waals surface area contributed by atoms with Crippen molar-refractivity contribution in [2.45, 2.75) is 18.9 Å². The molecule has 3 N–H and O–H groups in total. The molecule has 2 aromatic carbocycles. The standard InChI is InChI=1S/C17H17NO4/c18-16(20)10-15(13-6-8-14(19)9-7-13)17(21)22-11-12-4-2-1-3-5-12/h1-9,15,19H,10-11H2,(H2,18,20). The third-order valence-electron chi connectivity index (χ3n) is 3.21. The lowest BCUT2D eigenvalue weighted by atomic mass is 9.95. The van der Waals surface area contributed by atoms with Crippen LogP contribution in [0.25, 0.3) is 0 Å². The predicted octanol–water partition coefficient (Wildman–Crippen LogP) is 2.09. The number of rotatable bonds is 6. The lowest BCUT2D eigenvalue weighted by molar-refractivity contribution is -0.148. The van der Waals surface area contributed by atoms with Gasteiger partial charge < -0.3 is 15.6 Å². The summed E-state index contributed by atoms with van der Waals surface area (Å²) in [6.07, 6.45) is -0.140. The molecule has 114 valence electrons. The smallest absolute Gasteiger partial charge is 0.314 e. The molecule has 0 heterocycles. The number of carbonyl (C=O) groups excluding carboxylic acids is 2. The summed E-state index contributed by atoms with van der Waals surface area (Å²) in [5, 5.41) is 9.30. The lowest BCUT2D eigenvalue weighted by Gasteiger charge is -2.15. The molecular formula is C17H17NO4. The van der Waals surface area contributed by atoms with Crippen LogP contribution in [0, 0.1) is 0 Å². The maximum absolute atomic E-state index is 12.2. The average Bonchev–Trinajstić information content (AvgIpc) is 2.52. The van der Waals surface area contributed by atoms with Crippen molar-refractivity contribution in [2.24, 2.45) is 5.73 Å². The highest BCUT2D eigenvalue weighted by molar-refractivity contribution is 5.85. The van der Waals surface area contributed by atoms with E-state index in [0.717, 1.165) is 5.56 Å². The monoisotopic (exact) mass is 299 g/mol. The Labute approximate surface area is 128 Å². The van der Waals surface area contributed by atoms with Gasteiger partial charge in [0, 0.05) is 6.42 Å². The number of hydrogen-bond donors (Lipinski definition) is 2. The molecule has 5 heteroatoms. The summed E-state index contributed by atoms with van der Waals surface area (Å²) in [5.74, 6) is -1.80. The molecule has 2 rings (SSSR count). The summed E-state index contributed by atoms with van der Waals surface area (Å²) < 4.78 is 5.27. The van der Waals surface area contributed by atoms with Crippen LogP contribution in [-0.4, -0.2) is 17.0 Å². The van der Waals surface area contributed by atoms with Gasteiger partial charge in [-0.1, -0.05) is 42.5 Å². The Hall–Kier alpha value is -2.82. The molecule has 0 radical (unpaired) electrons. The molecule has 0 aliphatic heterocycles. The fraction of sp³-hybridized carbons (Fsp3) is 0.176. The molecule has 1 amide bonds. The van der Waals surface area contributed by atoms with Crippen LogP contribution < -0.4 is 5.73 Å². The summed E-state index contributed by atoms with van der Waals surface area (Å²) in [6, 6.07) is 15.3. The second kappa shape index (κ2) is 7.26. The van der Waals surface area contributed by atoms with Crippen LogP contribution in [0.3, 0.4) is 0 Å². The highest BCUT2D eigenvalue weighted by Crippen LogP contribution is 2.23. The van der Waals surface area contributed by atoms with Gasteiger partial charge in [0.1, 0.15) is 12.4 Å². The van der Waals surface area contributed by atoms with Gasteiger partial charge in [0.25, 0.3) is 0 Å². The number of phenolic OH excluding ortho intramolecular Hbond substituents is 1.